The van der Waals surface area contributed by atoms with E-state index in [1.807, 2.05) is 25.1 Å². The molecule has 1 aliphatic rings. The zero-order valence-electron chi connectivity index (χ0n) is 16.9. The van der Waals surface area contributed by atoms with Crippen LogP contribution in [-0.2, 0) is 6.54 Å². The van der Waals surface area contributed by atoms with E-state index in [-0.39, 0.29) is 29.7 Å². The van der Waals surface area contributed by atoms with Gasteiger partial charge in [-0.3, -0.25) is 0 Å². The lowest BCUT2D eigenvalue weighted by Crippen LogP contribution is -2.52. The van der Waals surface area contributed by atoms with Gasteiger partial charge in [0.2, 0.25) is 5.95 Å². The fourth-order valence-corrected chi connectivity index (χ4v) is 3.09. The lowest BCUT2D eigenvalue weighted by molar-refractivity contribution is 0.317. The third-order valence-electron chi connectivity index (χ3n) is 4.48. The molecule has 0 radical (unpaired) electrons. The summed E-state index contributed by atoms with van der Waals surface area (Å²) < 4.78 is 5.46. The molecule has 1 saturated heterocycles. The second-order valence-electron chi connectivity index (χ2n) is 6.43. The standard InChI is InChI=1S/C20H28N6O2.HI/c1-3-21-19(24-15-16-6-7-17(27)18(14-16)28-4-2)25-10-12-26(13-11-25)20-22-8-5-9-23-20;/h5-9,14,27H,3-4,10-13,15H2,1-2H3,(H,21,24);1H. The molecule has 1 aromatic heterocycles. The number of rotatable bonds is 6. The number of aromatic nitrogens is 2. The number of nitrogens with one attached hydrogen (secondary N) is 1. The van der Waals surface area contributed by atoms with Crippen LogP contribution in [0.25, 0.3) is 0 Å². The van der Waals surface area contributed by atoms with Crippen LogP contribution in [0.3, 0.4) is 0 Å². The Morgan fingerprint density at radius 3 is 2.55 bits per heavy atom. The second kappa shape index (κ2) is 11.6. The molecule has 2 aromatic rings. The van der Waals surface area contributed by atoms with Gasteiger partial charge in [-0.15, -0.1) is 24.0 Å². The first-order chi connectivity index (χ1) is 13.7. The second-order valence-corrected chi connectivity index (χ2v) is 6.43. The highest BCUT2D eigenvalue weighted by Gasteiger charge is 2.21. The normalized spacial score (nSPS) is 14.3. The number of anilines is 1. The average Bonchev–Trinajstić information content (AvgIpc) is 2.74. The number of hydrogen-bond acceptors (Lipinski definition) is 6. The maximum atomic E-state index is 9.85. The molecule has 29 heavy (non-hydrogen) atoms. The SMILES string of the molecule is CCNC(=NCc1ccc(O)c(OCC)c1)N1CCN(c2ncccn2)CC1.I. The van der Waals surface area contributed by atoms with Crippen LogP contribution < -0.4 is 15.0 Å². The van der Waals surface area contributed by atoms with Gasteiger partial charge in [-0.1, -0.05) is 6.07 Å². The van der Waals surface area contributed by atoms with Crippen molar-refractivity contribution >= 4 is 35.9 Å². The largest absolute Gasteiger partial charge is 0.504 e. The lowest BCUT2D eigenvalue weighted by atomic mass is 10.2. The maximum absolute atomic E-state index is 9.85. The molecule has 0 aliphatic carbocycles. The van der Waals surface area contributed by atoms with Gasteiger partial charge in [-0.25, -0.2) is 15.0 Å². The topological polar surface area (TPSA) is 86.1 Å². The molecule has 158 valence electrons. The van der Waals surface area contributed by atoms with Gasteiger partial charge in [-0.05, 0) is 37.6 Å². The smallest absolute Gasteiger partial charge is 0.225 e. The minimum absolute atomic E-state index is 0. The predicted octanol–water partition coefficient (Wildman–Crippen LogP) is 2.49. The number of benzene rings is 1. The summed E-state index contributed by atoms with van der Waals surface area (Å²) in [5, 5.41) is 13.2. The van der Waals surface area contributed by atoms with Crippen molar-refractivity contribution in [2.45, 2.75) is 20.4 Å². The fourth-order valence-electron chi connectivity index (χ4n) is 3.09. The lowest BCUT2D eigenvalue weighted by Gasteiger charge is -2.36. The average molecular weight is 512 g/mol. The van der Waals surface area contributed by atoms with E-state index in [0.29, 0.717) is 18.9 Å². The molecule has 2 N–H and O–H groups in total. The van der Waals surface area contributed by atoms with E-state index >= 15 is 0 Å². The molecular weight excluding hydrogens is 483 g/mol. The van der Waals surface area contributed by atoms with Gasteiger partial charge < -0.3 is 25.0 Å². The number of aromatic hydroxyl groups is 1. The molecule has 0 unspecified atom stereocenters. The van der Waals surface area contributed by atoms with Crippen LogP contribution in [0.4, 0.5) is 5.95 Å². The Bertz CT molecular complexity index is 782. The molecule has 1 aromatic carbocycles. The van der Waals surface area contributed by atoms with Crippen molar-refractivity contribution in [3.05, 3.63) is 42.2 Å². The van der Waals surface area contributed by atoms with E-state index in [1.165, 1.54) is 0 Å². The number of guanidine groups is 1. The number of hydrogen-bond donors (Lipinski definition) is 2. The van der Waals surface area contributed by atoms with Crippen LogP contribution in [0.2, 0.25) is 0 Å². The Labute approximate surface area is 189 Å². The van der Waals surface area contributed by atoms with E-state index in [2.05, 4.69) is 32.0 Å². The molecular formula is C20H29IN6O2. The van der Waals surface area contributed by atoms with Crippen LogP contribution in [-0.4, -0.2) is 65.3 Å². The third kappa shape index (κ3) is 6.34. The van der Waals surface area contributed by atoms with Gasteiger partial charge in [0.05, 0.1) is 13.2 Å². The maximum Gasteiger partial charge on any atom is 0.225 e. The van der Waals surface area contributed by atoms with Crippen molar-refractivity contribution in [3.8, 4) is 11.5 Å². The van der Waals surface area contributed by atoms with E-state index in [0.717, 1.165) is 50.2 Å². The highest BCUT2D eigenvalue weighted by atomic mass is 127. The first-order valence-electron chi connectivity index (χ1n) is 9.71. The van der Waals surface area contributed by atoms with E-state index in [1.54, 1.807) is 18.5 Å². The van der Waals surface area contributed by atoms with Gasteiger partial charge >= 0.3 is 0 Å². The zero-order chi connectivity index (χ0) is 19.8. The molecule has 3 rings (SSSR count). The number of ether oxygens (including phenoxy) is 1. The molecule has 2 heterocycles. The van der Waals surface area contributed by atoms with Crippen LogP contribution >= 0.6 is 24.0 Å². The highest BCUT2D eigenvalue weighted by Crippen LogP contribution is 2.27. The van der Waals surface area contributed by atoms with Crippen molar-refractivity contribution in [1.82, 2.24) is 20.2 Å². The summed E-state index contributed by atoms with van der Waals surface area (Å²) >= 11 is 0. The molecule has 1 aliphatic heterocycles. The number of phenols is 1. The first kappa shape index (κ1) is 23.0. The van der Waals surface area contributed by atoms with Crippen LogP contribution in [0.1, 0.15) is 19.4 Å². The number of piperazine rings is 1. The Balaban J connectivity index is 0.00000300. The Morgan fingerprint density at radius 2 is 1.90 bits per heavy atom. The summed E-state index contributed by atoms with van der Waals surface area (Å²) in [6.45, 7) is 9.20. The summed E-state index contributed by atoms with van der Waals surface area (Å²) in [6.07, 6.45) is 3.54. The molecule has 8 nitrogen and oxygen atoms in total. The molecule has 0 bridgehead atoms. The minimum atomic E-state index is 0. The molecule has 0 atom stereocenters. The summed E-state index contributed by atoms with van der Waals surface area (Å²) in [4.78, 5) is 17.9. The number of nitrogens with zero attached hydrogens (tertiary/aromatic N) is 5. The quantitative estimate of drug-likeness (QED) is 0.350. The van der Waals surface area contributed by atoms with Crippen LogP contribution in [0.5, 0.6) is 11.5 Å². The Hall–Kier alpha value is -2.30. The predicted molar refractivity (Wildman–Crippen MR) is 125 cm³/mol. The first-order valence-corrected chi connectivity index (χ1v) is 9.71. The van der Waals surface area contributed by atoms with E-state index in [9.17, 15) is 5.11 Å². The van der Waals surface area contributed by atoms with Gasteiger partial charge in [0.25, 0.3) is 0 Å². The Kier molecular flexibility index (Phi) is 9.23. The van der Waals surface area contributed by atoms with Crippen molar-refractivity contribution in [3.63, 3.8) is 0 Å². The molecule has 1 fully saturated rings. The summed E-state index contributed by atoms with van der Waals surface area (Å²) in [6, 6.07) is 7.20. The number of phenolic OH excluding ortho intramolecular Hbond substituents is 1. The number of halogens is 1. The third-order valence-corrected chi connectivity index (χ3v) is 4.48. The van der Waals surface area contributed by atoms with Crippen molar-refractivity contribution < 1.29 is 9.84 Å². The summed E-state index contributed by atoms with van der Waals surface area (Å²) in [5.74, 6) is 2.32. The minimum Gasteiger partial charge on any atom is -0.504 e. The number of aliphatic imine (C=N–C) groups is 1. The highest BCUT2D eigenvalue weighted by molar-refractivity contribution is 14.0. The van der Waals surface area contributed by atoms with E-state index < -0.39 is 0 Å². The fraction of sp³-hybridized carbons (Fsp3) is 0.450. The van der Waals surface area contributed by atoms with Crippen LogP contribution in [0.15, 0.2) is 41.7 Å². The van der Waals surface area contributed by atoms with E-state index in [4.69, 9.17) is 9.73 Å². The molecule has 0 amide bonds. The van der Waals surface area contributed by atoms with Crippen LogP contribution in [0, 0.1) is 0 Å². The Morgan fingerprint density at radius 1 is 1.17 bits per heavy atom. The molecule has 0 saturated carbocycles. The van der Waals surface area contributed by atoms with Crippen molar-refractivity contribution in [1.29, 1.82) is 0 Å². The van der Waals surface area contributed by atoms with Crippen molar-refractivity contribution in [2.24, 2.45) is 4.99 Å². The van der Waals surface area contributed by atoms with Gasteiger partial charge in [0, 0.05) is 45.1 Å². The molecule has 0 spiro atoms. The van der Waals surface area contributed by atoms with Gasteiger partial charge in [0.1, 0.15) is 0 Å². The van der Waals surface area contributed by atoms with Crippen molar-refractivity contribution in [2.75, 3.05) is 44.2 Å². The van der Waals surface area contributed by atoms with Gasteiger partial charge in [-0.2, -0.15) is 0 Å². The monoisotopic (exact) mass is 512 g/mol. The molecule has 9 heteroatoms. The summed E-state index contributed by atoms with van der Waals surface area (Å²) in [7, 11) is 0. The van der Waals surface area contributed by atoms with Gasteiger partial charge in [0.15, 0.2) is 17.5 Å². The summed E-state index contributed by atoms with van der Waals surface area (Å²) in [5.41, 5.74) is 0.993. The zero-order valence-corrected chi connectivity index (χ0v) is 19.2.